The first kappa shape index (κ1) is 9.70. The Hall–Kier alpha value is -1.39. The molecule has 0 heterocycles. The summed E-state index contributed by atoms with van der Waals surface area (Å²) in [5.74, 6) is -0.962. The first-order valence-corrected chi connectivity index (χ1v) is 3.94. The Morgan fingerprint density at radius 3 is 2.46 bits per heavy atom. The van der Waals surface area contributed by atoms with Crippen LogP contribution in [0.1, 0.15) is 21.5 Å². The molecule has 0 aliphatic heterocycles. The molecular weight excluding hydrogens is 168 g/mol. The van der Waals surface area contributed by atoms with Gasteiger partial charge in [-0.2, -0.15) is 0 Å². The van der Waals surface area contributed by atoms with Crippen molar-refractivity contribution in [2.24, 2.45) is 11.5 Å². The first-order valence-electron chi connectivity index (χ1n) is 3.94. The summed E-state index contributed by atoms with van der Waals surface area (Å²) in [6, 6.07) is 5.05. The van der Waals surface area contributed by atoms with E-state index >= 15 is 0 Å². The predicted molar refractivity (Wildman–Crippen MR) is 49.2 cm³/mol. The maximum Gasteiger partial charge on any atom is 0.336 e. The first-order chi connectivity index (χ1) is 6.19. The van der Waals surface area contributed by atoms with E-state index < -0.39 is 5.97 Å². The third-order valence-corrected chi connectivity index (χ3v) is 1.86. The van der Waals surface area contributed by atoms with Crippen LogP contribution in [0.3, 0.4) is 0 Å². The quantitative estimate of drug-likeness (QED) is 0.624. The van der Waals surface area contributed by atoms with E-state index in [1.54, 1.807) is 18.2 Å². The molecule has 5 N–H and O–H groups in total. The largest absolute Gasteiger partial charge is 0.478 e. The molecule has 0 unspecified atom stereocenters. The van der Waals surface area contributed by atoms with Crippen LogP contribution in [-0.2, 0) is 13.1 Å². The number of hydrogen-bond donors (Lipinski definition) is 3. The van der Waals surface area contributed by atoms with E-state index in [1.807, 2.05) is 0 Å². The molecule has 0 aliphatic carbocycles. The van der Waals surface area contributed by atoms with Crippen molar-refractivity contribution < 1.29 is 9.90 Å². The molecule has 0 spiro atoms. The molecule has 1 aromatic carbocycles. The van der Waals surface area contributed by atoms with Crippen LogP contribution in [0, 0.1) is 0 Å². The smallest absolute Gasteiger partial charge is 0.336 e. The molecule has 13 heavy (non-hydrogen) atoms. The lowest BCUT2D eigenvalue weighted by atomic mass is 10.0. The molecule has 0 saturated heterocycles. The Balaban J connectivity index is 3.18. The van der Waals surface area contributed by atoms with Gasteiger partial charge in [0.15, 0.2) is 0 Å². The van der Waals surface area contributed by atoms with Gasteiger partial charge in [-0.15, -0.1) is 0 Å². The minimum absolute atomic E-state index is 0.229. The second-order valence-electron chi connectivity index (χ2n) is 2.70. The normalized spacial score (nSPS) is 10.0. The van der Waals surface area contributed by atoms with E-state index in [2.05, 4.69) is 0 Å². The number of rotatable bonds is 3. The molecule has 0 fully saturated rings. The minimum Gasteiger partial charge on any atom is -0.478 e. The summed E-state index contributed by atoms with van der Waals surface area (Å²) in [5, 5.41) is 8.82. The van der Waals surface area contributed by atoms with E-state index in [0.717, 1.165) is 5.56 Å². The van der Waals surface area contributed by atoms with Crippen molar-refractivity contribution in [3.63, 3.8) is 0 Å². The molecule has 0 atom stereocenters. The maximum absolute atomic E-state index is 10.8. The van der Waals surface area contributed by atoms with Gasteiger partial charge in [-0.05, 0) is 17.2 Å². The van der Waals surface area contributed by atoms with E-state index in [-0.39, 0.29) is 12.1 Å². The van der Waals surface area contributed by atoms with Crippen LogP contribution < -0.4 is 11.5 Å². The van der Waals surface area contributed by atoms with Crippen LogP contribution in [0.2, 0.25) is 0 Å². The molecule has 0 aliphatic rings. The van der Waals surface area contributed by atoms with Gasteiger partial charge >= 0.3 is 5.97 Å². The van der Waals surface area contributed by atoms with Gasteiger partial charge in [-0.25, -0.2) is 4.79 Å². The number of hydrogen-bond acceptors (Lipinski definition) is 3. The zero-order valence-corrected chi connectivity index (χ0v) is 7.16. The fourth-order valence-corrected chi connectivity index (χ4v) is 1.13. The number of carboxylic acid groups (broad SMARTS) is 1. The highest BCUT2D eigenvalue weighted by atomic mass is 16.4. The van der Waals surface area contributed by atoms with Crippen LogP contribution in [0.4, 0.5) is 0 Å². The van der Waals surface area contributed by atoms with Gasteiger partial charge in [0.1, 0.15) is 0 Å². The van der Waals surface area contributed by atoms with Crippen LogP contribution in [-0.4, -0.2) is 11.1 Å². The van der Waals surface area contributed by atoms with Crippen molar-refractivity contribution in [1.29, 1.82) is 0 Å². The fourth-order valence-electron chi connectivity index (χ4n) is 1.13. The van der Waals surface area contributed by atoms with Gasteiger partial charge in [-0.3, -0.25) is 0 Å². The number of aromatic carboxylic acids is 1. The van der Waals surface area contributed by atoms with Gasteiger partial charge in [0.25, 0.3) is 0 Å². The molecule has 1 aromatic rings. The summed E-state index contributed by atoms with van der Waals surface area (Å²) in [4.78, 5) is 10.8. The lowest BCUT2D eigenvalue weighted by Gasteiger charge is -2.04. The number of carbonyl (C=O) groups is 1. The summed E-state index contributed by atoms with van der Waals surface area (Å²) in [5.41, 5.74) is 12.4. The third-order valence-electron chi connectivity index (χ3n) is 1.86. The number of nitrogens with two attached hydrogens (primary N) is 2. The highest BCUT2D eigenvalue weighted by Gasteiger charge is 2.08. The lowest BCUT2D eigenvalue weighted by molar-refractivity contribution is 0.0695. The second kappa shape index (κ2) is 4.02. The van der Waals surface area contributed by atoms with Gasteiger partial charge in [0, 0.05) is 13.1 Å². The summed E-state index contributed by atoms with van der Waals surface area (Å²) in [6.45, 7) is 0.567. The minimum atomic E-state index is -0.962. The van der Waals surface area contributed by atoms with E-state index in [1.165, 1.54) is 0 Å². The zero-order chi connectivity index (χ0) is 9.84. The molecular formula is C9H12N2O2. The van der Waals surface area contributed by atoms with Crippen LogP contribution in [0.15, 0.2) is 18.2 Å². The molecule has 0 saturated carbocycles. The highest BCUT2D eigenvalue weighted by molar-refractivity contribution is 5.89. The number of carboxylic acids is 1. The average molecular weight is 180 g/mol. The van der Waals surface area contributed by atoms with Crippen molar-refractivity contribution >= 4 is 5.97 Å². The molecule has 1 rings (SSSR count). The molecule has 0 amide bonds. The molecule has 70 valence electrons. The van der Waals surface area contributed by atoms with Crippen LogP contribution in [0.5, 0.6) is 0 Å². The molecule has 0 aromatic heterocycles. The number of benzene rings is 1. The fraction of sp³-hybridized carbons (Fsp3) is 0.222. The summed E-state index contributed by atoms with van der Waals surface area (Å²) >= 11 is 0. The van der Waals surface area contributed by atoms with E-state index in [0.29, 0.717) is 12.1 Å². The van der Waals surface area contributed by atoms with Crippen molar-refractivity contribution in [3.8, 4) is 0 Å². The Morgan fingerprint density at radius 1 is 1.31 bits per heavy atom. The van der Waals surface area contributed by atoms with Gasteiger partial charge in [0.05, 0.1) is 5.56 Å². The SMILES string of the molecule is NCc1ccc(CN)c(C(=O)O)c1. The molecule has 4 nitrogen and oxygen atoms in total. The average Bonchev–Trinajstić information content (AvgIpc) is 2.16. The monoisotopic (exact) mass is 180 g/mol. The lowest BCUT2D eigenvalue weighted by Crippen LogP contribution is -2.08. The van der Waals surface area contributed by atoms with Crippen LogP contribution in [0.25, 0.3) is 0 Å². The van der Waals surface area contributed by atoms with Gasteiger partial charge < -0.3 is 16.6 Å². The summed E-state index contributed by atoms with van der Waals surface area (Å²) in [7, 11) is 0. The molecule has 0 radical (unpaired) electrons. The van der Waals surface area contributed by atoms with E-state index in [4.69, 9.17) is 16.6 Å². The summed E-state index contributed by atoms with van der Waals surface area (Å²) in [6.07, 6.45) is 0. The molecule has 0 bridgehead atoms. The highest BCUT2D eigenvalue weighted by Crippen LogP contribution is 2.11. The summed E-state index contributed by atoms with van der Waals surface area (Å²) < 4.78 is 0. The van der Waals surface area contributed by atoms with Crippen molar-refractivity contribution in [1.82, 2.24) is 0 Å². The topological polar surface area (TPSA) is 89.3 Å². The Bertz CT molecular complexity index is 323. The van der Waals surface area contributed by atoms with Crippen molar-refractivity contribution in [3.05, 3.63) is 34.9 Å². The van der Waals surface area contributed by atoms with Gasteiger partial charge in [-0.1, -0.05) is 12.1 Å². The van der Waals surface area contributed by atoms with Gasteiger partial charge in [0.2, 0.25) is 0 Å². The van der Waals surface area contributed by atoms with Crippen molar-refractivity contribution in [2.75, 3.05) is 0 Å². The molecule has 4 heteroatoms. The zero-order valence-electron chi connectivity index (χ0n) is 7.16. The van der Waals surface area contributed by atoms with Crippen LogP contribution >= 0.6 is 0 Å². The predicted octanol–water partition coefficient (Wildman–Crippen LogP) is 0.302. The maximum atomic E-state index is 10.8. The standard InChI is InChI=1S/C9H12N2O2/c10-4-6-1-2-7(5-11)8(3-6)9(12)13/h1-3H,4-5,10-11H2,(H,12,13). The Morgan fingerprint density at radius 2 is 2.00 bits per heavy atom. The third kappa shape index (κ3) is 2.05. The van der Waals surface area contributed by atoms with Crippen molar-refractivity contribution in [2.45, 2.75) is 13.1 Å². The Labute approximate surface area is 76.2 Å². The Kier molecular flexibility index (Phi) is 3.00. The second-order valence-corrected chi connectivity index (χ2v) is 2.70. The van der Waals surface area contributed by atoms with E-state index in [9.17, 15) is 4.79 Å².